The Labute approximate surface area is 197 Å². The Balaban J connectivity index is 1.77. The Bertz CT molecular complexity index is 1210. The fourth-order valence-electron chi connectivity index (χ4n) is 4.29. The number of nitriles is 1. The lowest BCUT2D eigenvalue weighted by molar-refractivity contribution is -0.138. The number of pyridine rings is 1. The summed E-state index contributed by atoms with van der Waals surface area (Å²) in [6.07, 6.45) is -2.40. The summed E-state index contributed by atoms with van der Waals surface area (Å²) in [5.74, 6) is -2.21. The van der Waals surface area contributed by atoms with Crippen LogP contribution in [-0.4, -0.2) is 34.5 Å². The van der Waals surface area contributed by atoms with Crippen molar-refractivity contribution in [3.8, 4) is 6.07 Å². The van der Waals surface area contributed by atoms with Crippen LogP contribution in [0.4, 0.5) is 28.9 Å². The Morgan fingerprint density at radius 3 is 2.56 bits per heavy atom. The molecule has 2 fully saturated rings. The average molecular weight is 494 g/mol. The van der Waals surface area contributed by atoms with Crippen molar-refractivity contribution in [2.75, 3.05) is 16.4 Å². The average Bonchev–Trinajstić information content (AvgIpc) is 2.99. The quantitative estimate of drug-likeness (QED) is 0.388. The summed E-state index contributed by atoms with van der Waals surface area (Å²) in [6, 6.07) is 5.83. The van der Waals surface area contributed by atoms with E-state index in [2.05, 4.69) is 17.6 Å². The van der Waals surface area contributed by atoms with E-state index in [1.165, 1.54) is 23.1 Å². The number of rotatable bonds is 4. The van der Waals surface area contributed by atoms with Crippen LogP contribution in [-0.2, 0) is 15.7 Å². The molecule has 2 aliphatic rings. The molecule has 1 saturated heterocycles. The van der Waals surface area contributed by atoms with Gasteiger partial charge in [-0.05, 0) is 50.5 Å². The first-order valence-electron chi connectivity index (χ1n) is 10.3. The number of nitrogens with zero attached hydrogens (tertiary/aromatic N) is 4. The molecule has 1 unspecified atom stereocenters. The van der Waals surface area contributed by atoms with Crippen LogP contribution in [0.3, 0.4) is 0 Å². The second-order valence-corrected chi connectivity index (χ2v) is 8.32. The van der Waals surface area contributed by atoms with Crippen LogP contribution in [0.1, 0.15) is 47.8 Å². The summed E-state index contributed by atoms with van der Waals surface area (Å²) in [4.78, 5) is 31.6. The third-order valence-corrected chi connectivity index (χ3v) is 6.47. The van der Waals surface area contributed by atoms with Crippen molar-refractivity contribution in [2.24, 2.45) is 0 Å². The molecule has 1 aliphatic heterocycles. The zero-order valence-electron chi connectivity index (χ0n) is 17.8. The molecule has 1 spiro atoms. The Morgan fingerprint density at radius 2 is 2.03 bits per heavy atom. The highest BCUT2D eigenvalue weighted by Crippen LogP contribution is 2.50. The number of halogens is 4. The van der Waals surface area contributed by atoms with Gasteiger partial charge in [-0.15, -0.1) is 12.6 Å². The number of benzene rings is 1. The zero-order chi connectivity index (χ0) is 24.8. The standard InChI is InChI=1S/C22H18F4N4O3S/c1-2-33-18(31)14-5-4-12(9-16(14)23)30-20(34)29(19(32)21(30)6-3-7-21)13-8-15(22(24,25)26)17(10-27)28-11-13/h4-5,8-9,11,20,34H,2-3,6-7H2,1H3. The van der Waals surface area contributed by atoms with Gasteiger partial charge in [0.25, 0.3) is 5.91 Å². The first-order valence-corrected chi connectivity index (χ1v) is 10.8. The maximum atomic E-state index is 14.7. The van der Waals surface area contributed by atoms with Gasteiger partial charge in [0.05, 0.1) is 29.6 Å². The third-order valence-electron chi connectivity index (χ3n) is 6.01. The normalized spacial score (nSPS) is 19.2. The van der Waals surface area contributed by atoms with E-state index in [9.17, 15) is 27.2 Å². The highest BCUT2D eigenvalue weighted by atomic mass is 32.1. The fraction of sp³-hybridized carbons (Fsp3) is 0.364. The van der Waals surface area contributed by atoms with Gasteiger partial charge in [0, 0.05) is 5.69 Å². The minimum Gasteiger partial charge on any atom is -0.462 e. The van der Waals surface area contributed by atoms with E-state index in [4.69, 9.17) is 10.00 Å². The number of carbonyl (C=O) groups is 2. The van der Waals surface area contributed by atoms with E-state index in [1.807, 2.05) is 0 Å². The Hall–Kier alpha value is -3.33. The van der Waals surface area contributed by atoms with Gasteiger partial charge in [-0.2, -0.15) is 18.4 Å². The van der Waals surface area contributed by atoms with Crippen molar-refractivity contribution in [1.29, 1.82) is 5.26 Å². The highest BCUT2D eigenvalue weighted by Gasteiger charge is 2.60. The topological polar surface area (TPSA) is 86.5 Å². The molecule has 1 aromatic carbocycles. The molecule has 4 rings (SSSR count). The molecule has 0 bridgehead atoms. The van der Waals surface area contributed by atoms with E-state index in [0.717, 1.165) is 17.2 Å². The molecule has 1 amide bonds. The van der Waals surface area contributed by atoms with Gasteiger partial charge in [-0.3, -0.25) is 9.69 Å². The monoisotopic (exact) mass is 494 g/mol. The molecule has 2 heterocycles. The summed E-state index contributed by atoms with van der Waals surface area (Å²) >= 11 is 4.50. The number of alkyl halides is 3. The number of esters is 1. The number of hydrogen-bond acceptors (Lipinski definition) is 7. The molecule has 7 nitrogen and oxygen atoms in total. The van der Waals surface area contributed by atoms with Crippen LogP contribution < -0.4 is 9.80 Å². The zero-order valence-corrected chi connectivity index (χ0v) is 18.7. The largest absolute Gasteiger partial charge is 0.462 e. The Kier molecular flexibility index (Phi) is 5.93. The first-order chi connectivity index (χ1) is 16.0. The van der Waals surface area contributed by atoms with Crippen molar-refractivity contribution in [3.63, 3.8) is 0 Å². The molecule has 1 saturated carbocycles. The van der Waals surface area contributed by atoms with Crippen LogP contribution in [0.2, 0.25) is 0 Å². The number of carbonyl (C=O) groups excluding carboxylic acids is 2. The molecule has 1 aliphatic carbocycles. The van der Waals surface area contributed by atoms with Crippen molar-refractivity contribution >= 4 is 35.9 Å². The van der Waals surface area contributed by atoms with Crippen LogP contribution in [0.25, 0.3) is 0 Å². The lowest BCUT2D eigenvalue weighted by atomic mass is 9.75. The molecule has 178 valence electrons. The summed E-state index contributed by atoms with van der Waals surface area (Å²) < 4.78 is 60.0. The summed E-state index contributed by atoms with van der Waals surface area (Å²) in [7, 11) is 0. The molecular formula is C22H18F4N4O3S. The van der Waals surface area contributed by atoms with Crippen molar-refractivity contribution in [3.05, 3.63) is 53.1 Å². The van der Waals surface area contributed by atoms with Gasteiger partial charge < -0.3 is 9.64 Å². The van der Waals surface area contributed by atoms with E-state index >= 15 is 0 Å². The predicted octanol–water partition coefficient (Wildman–Crippen LogP) is 4.28. The fourth-order valence-corrected chi connectivity index (χ4v) is 4.88. The minimum atomic E-state index is -4.86. The maximum Gasteiger partial charge on any atom is 0.419 e. The van der Waals surface area contributed by atoms with Crippen molar-refractivity contribution in [1.82, 2.24) is 4.98 Å². The van der Waals surface area contributed by atoms with Gasteiger partial charge in [0.1, 0.15) is 17.4 Å². The number of anilines is 2. The van der Waals surface area contributed by atoms with E-state index < -0.39 is 46.2 Å². The molecule has 1 aromatic heterocycles. The number of hydrogen-bond donors (Lipinski definition) is 1. The second kappa shape index (κ2) is 8.47. The van der Waals surface area contributed by atoms with E-state index in [0.29, 0.717) is 25.3 Å². The number of thiol groups is 1. The van der Waals surface area contributed by atoms with Crippen LogP contribution >= 0.6 is 12.6 Å². The van der Waals surface area contributed by atoms with Crippen molar-refractivity contribution in [2.45, 2.75) is 43.4 Å². The Morgan fingerprint density at radius 1 is 1.32 bits per heavy atom. The summed E-state index contributed by atoms with van der Waals surface area (Å²) in [5, 5.41) is 9.00. The minimum absolute atomic E-state index is 0.0655. The van der Waals surface area contributed by atoms with E-state index in [-0.39, 0.29) is 23.5 Å². The van der Waals surface area contributed by atoms with Gasteiger partial charge >= 0.3 is 12.1 Å². The third kappa shape index (κ3) is 3.64. The highest BCUT2D eigenvalue weighted by molar-refractivity contribution is 7.81. The van der Waals surface area contributed by atoms with Crippen LogP contribution in [0.15, 0.2) is 30.5 Å². The first kappa shape index (κ1) is 23.8. The molecule has 1 atom stereocenters. The maximum absolute atomic E-state index is 14.7. The molecular weight excluding hydrogens is 476 g/mol. The lowest BCUT2D eigenvalue weighted by Crippen LogP contribution is -2.55. The molecule has 2 aromatic rings. The molecule has 12 heteroatoms. The summed E-state index contributed by atoms with van der Waals surface area (Å²) in [6.45, 7) is 1.65. The number of ether oxygens (including phenoxy) is 1. The molecule has 0 N–H and O–H groups in total. The second-order valence-electron chi connectivity index (χ2n) is 7.86. The smallest absolute Gasteiger partial charge is 0.419 e. The lowest BCUT2D eigenvalue weighted by Gasteiger charge is -2.44. The number of amides is 1. The number of aromatic nitrogens is 1. The van der Waals surface area contributed by atoms with Gasteiger partial charge in [0.15, 0.2) is 11.2 Å². The summed E-state index contributed by atoms with van der Waals surface area (Å²) in [5.41, 5.74) is -4.53. The molecule has 0 radical (unpaired) electrons. The SMILES string of the molecule is CCOC(=O)c1ccc(N2C(S)N(c3cnc(C#N)c(C(F)(F)F)c3)C(=O)C23CCC3)cc1F. The van der Waals surface area contributed by atoms with Gasteiger partial charge in [-0.25, -0.2) is 14.2 Å². The van der Waals surface area contributed by atoms with Crippen LogP contribution in [0, 0.1) is 17.1 Å². The van der Waals surface area contributed by atoms with Gasteiger partial charge in [0.2, 0.25) is 0 Å². The van der Waals surface area contributed by atoms with Crippen molar-refractivity contribution < 1.29 is 31.9 Å². The van der Waals surface area contributed by atoms with Crippen LogP contribution in [0.5, 0.6) is 0 Å². The van der Waals surface area contributed by atoms with E-state index in [1.54, 1.807) is 6.92 Å². The van der Waals surface area contributed by atoms with Gasteiger partial charge in [-0.1, -0.05) is 0 Å². The predicted molar refractivity (Wildman–Crippen MR) is 116 cm³/mol. The molecule has 34 heavy (non-hydrogen) atoms.